The maximum Gasteiger partial charge on any atom is 0.337 e. The van der Waals surface area contributed by atoms with E-state index in [1.807, 2.05) is 12.1 Å². The summed E-state index contributed by atoms with van der Waals surface area (Å²) in [6, 6.07) is 8.61. The molecule has 0 aromatic heterocycles. The Labute approximate surface area is 192 Å². The van der Waals surface area contributed by atoms with E-state index in [4.69, 9.17) is 12.2 Å². The molecule has 0 bridgehead atoms. The molecular weight excluding hydrogens is 702 g/mol. The quantitative estimate of drug-likeness (QED) is 0.300. The first-order valence-electron chi connectivity index (χ1n) is 6.48. The van der Waals surface area contributed by atoms with Crippen LogP contribution in [0.1, 0.15) is 20.7 Å². The summed E-state index contributed by atoms with van der Waals surface area (Å²) in [4.78, 5) is 23.8. The molecule has 0 saturated carbocycles. The zero-order chi connectivity index (χ0) is 18.7. The third-order valence-corrected chi connectivity index (χ3v) is 5.82. The molecule has 0 aliphatic carbocycles. The van der Waals surface area contributed by atoms with E-state index in [9.17, 15) is 14.7 Å². The Bertz CT molecular complexity index is 893. The number of benzene rings is 2. The van der Waals surface area contributed by atoms with E-state index in [1.54, 1.807) is 12.1 Å². The van der Waals surface area contributed by atoms with Gasteiger partial charge in [-0.05, 0) is 104 Å². The molecule has 0 atom stereocenters. The predicted molar refractivity (Wildman–Crippen MR) is 124 cm³/mol. The molecule has 5 nitrogen and oxygen atoms in total. The summed E-state index contributed by atoms with van der Waals surface area (Å²) >= 11 is 15.9. The van der Waals surface area contributed by atoms with Crippen LogP contribution in [0.25, 0.3) is 0 Å². The maximum absolute atomic E-state index is 12.4. The lowest BCUT2D eigenvalue weighted by Crippen LogP contribution is -2.35. The standard InChI is InChI=1S/C15H8Br2I2N2O3S/c16-6-3-9(14(23)24)12(10(17)4-6)20-15(25)21-13(22)8-5-7(18)1-2-11(8)19/h1-5H,(H,23,24)(H2,20,21,22,25). The number of hydrogen-bond donors (Lipinski definition) is 3. The Morgan fingerprint density at radius 3 is 2.40 bits per heavy atom. The fourth-order valence-corrected chi connectivity index (χ4v) is 4.45. The average molecular weight is 710 g/mol. The number of amides is 1. The molecule has 0 radical (unpaired) electrons. The van der Waals surface area contributed by atoms with Gasteiger partial charge in [0.1, 0.15) is 0 Å². The van der Waals surface area contributed by atoms with Crippen LogP contribution < -0.4 is 10.6 Å². The van der Waals surface area contributed by atoms with Gasteiger partial charge in [0.25, 0.3) is 5.91 Å². The normalized spacial score (nSPS) is 10.2. The molecule has 0 fully saturated rings. The molecule has 0 aliphatic rings. The first-order chi connectivity index (χ1) is 11.7. The van der Waals surface area contributed by atoms with Gasteiger partial charge in [-0.1, -0.05) is 15.9 Å². The monoisotopic (exact) mass is 708 g/mol. The molecule has 1 amide bonds. The van der Waals surface area contributed by atoms with Crippen LogP contribution in [0, 0.1) is 7.14 Å². The van der Waals surface area contributed by atoms with Crippen molar-refractivity contribution in [3.05, 3.63) is 57.5 Å². The van der Waals surface area contributed by atoms with Crippen LogP contribution in [0.15, 0.2) is 39.3 Å². The van der Waals surface area contributed by atoms with Crippen molar-refractivity contribution in [3.8, 4) is 0 Å². The second-order valence-corrected chi connectivity index (χ2v) is 9.23. The number of aromatic carboxylic acids is 1. The summed E-state index contributed by atoms with van der Waals surface area (Å²) in [7, 11) is 0. The maximum atomic E-state index is 12.4. The Morgan fingerprint density at radius 2 is 1.76 bits per heavy atom. The van der Waals surface area contributed by atoms with Crippen LogP contribution >= 0.6 is 89.3 Å². The first-order valence-corrected chi connectivity index (χ1v) is 10.6. The fourth-order valence-electron chi connectivity index (χ4n) is 1.86. The van der Waals surface area contributed by atoms with Crippen LogP contribution in [0.4, 0.5) is 5.69 Å². The third kappa shape index (κ3) is 5.58. The minimum absolute atomic E-state index is 0.00480. The second kappa shape index (κ2) is 9.06. The van der Waals surface area contributed by atoms with Gasteiger partial charge in [0.05, 0.1) is 16.8 Å². The van der Waals surface area contributed by atoms with E-state index < -0.39 is 5.97 Å². The number of carbonyl (C=O) groups is 2. The minimum atomic E-state index is -1.12. The highest BCUT2D eigenvalue weighted by atomic mass is 127. The van der Waals surface area contributed by atoms with E-state index in [1.165, 1.54) is 6.07 Å². The van der Waals surface area contributed by atoms with Gasteiger partial charge >= 0.3 is 5.97 Å². The van der Waals surface area contributed by atoms with Crippen LogP contribution in [0.2, 0.25) is 0 Å². The molecule has 2 aromatic carbocycles. The molecular formula is C15H8Br2I2N2O3S. The molecule has 10 heteroatoms. The lowest BCUT2D eigenvalue weighted by molar-refractivity contribution is 0.0697. The van der Waals surface area contributed by atoms with Gasteiger partial charge in [0.2, 0.25) is 0 Å². The summed E-state index contributed by atoms with van der Waals surface area (Å²) in [5, 5.41) is 14.7. The number of thiocarbonyl (C=S) groups is 1. The fraction of sp³-hybridized carbons (Fsp3) is 0. The molecule has 0 aliphatic heterocycles. The predicted octanol–water partition coefficient (Wildman–Crippen LogP) is 5.25. The van der Waals surface area contributed by atoms with Crippen molar-refractivity contribution in [2.24, 2.45) is 0 Å². The number of rotatable bonds is 3. The summed E-state index contributed by atoms with van der Waals surface area (Å²) < 4.78 is 2.81. The molecule has 25 heavy (non-hydrogen) atoms. The number of carboxylic acids is 1. The van der Waals surface area contributed by atoms with Crippen molar-refractivity contribution in [2.75, 3.05) is 5.32 Å². The number of hydrogen-bond acceptors (Lipinski definition) is 3. The molecule has 0 spiro atoms. The summed E-state index contributed by atoms with van der Waals surface area (Å²) in [6.07, 6.45) is 0. The number of anilines is 1. The number of carbonyl (C=O) groups excluding carboxylic acids is 1. The van der Waals surface area contributed by atoms with Crippen molar-refractivity contribution in [1.29, 1.82) is 0 Å². The molecule has 130 valence electrons. The van der Waals surface area contributed by atoms with Crippen LogP contribution in [-0.4, -0.2) is 22.1 Å². The molecule has 0 saturated heterocycles. The van der Waals surface area contributed by atoms with Crippen molar-refractivity contribution in [2.45, 2.75) is 0 Å². The number of nitrogens with one attached hydrogen (secondary N) is 2. The Balaban J connectivity index is 2.22. The van der Waals surface area contributed by atoms with Crippen molar-refractivity contribution in [1.82, 2.24) is 5.32 Å². The van der Waals surface area contributed by atoms with E-state index in [0.717, 1.165) is 7.14 Å². The van der Waals surface area contributed by atoms with Gasteiger partial charge in [-0.15, -0.1) is 0 Å². The van der Waals surface area contributed by atoms with Gasteiger partial charge in [0.15, 0.2) is 5.11 Å². The van der Waals surface area contributed by atoms with Crippen LogP contribution in [0.3, 0.4) is 0 Å². The molecule has 2 aromatic rings. The largest absolute Gasteiger partial charge is 0.478 e. The third-order valence-electron chi connectivity index (χ3n) is 2.92. The van der Waals surface area contributed by atoms with Crippen LogP contribution in [0.5, 0.6) is 0 Å². The van der Waals surface area contributed by atoms with E-state index in [-0.39, 0.29) is 22.3 Å². The van der Waals surface area contributed by atoms with E-state index in [0.29, 0.717) is 14.5 Å². The Hall–Kier alpha value is -0.310. The van der Waals surface area contributed by atoms with Crippen molar-refractivity contribution >= 4 is 112 Å². The van der Waals surface area contributed by atoms with Gasteiger partial charge < -0.3 is 10.4 Å². The van der Waals surface area contributed by atoms with Gasteiger partial charge in [-0.25, -0.2) is 4.79 Å². The van der Waals surface area contributed by atoms with E-state index >= 15 is 0 Å². The SMILES string of the molecule is O=C(NC(=S)Nc1c(Br)cc(Br)cc1C(=O)O)c1cc(I)ccc1I. The smallest absolute Gasteiger partial charge is 0.337 e. The van der Waals surface area contributed by atoms with Crippen molar-refractivity contribution < 1.29 is 14.7 Å². The summed E-state index contributed by atoms with van der Waals surface area (Å²) in [5.41, 5.74) is 0.769. The molecule has 0 unspecified atom stereocenters. The summed E-state index contributed by atoms with van der Waals surface area (Å²) in [6.45, 7) is 0. The van der Waals surface area contributed by atoms with Gasteiger partial charge in [0, 0.05) is 16.1 Å². The van der Waals surface area contributed by atoms with Crippen LogP contribution in [-0.2, 0) is 0 Å². The highest BCUT2D eigenvalue weighted by molar-refractivity contribution is 14.1. The molecule has 0 heterocycles. The topological polar surface area (TPSA) is 78.4 Å². The molecule has 3 N–H and O–H groups in total. The Morgan fingerprint density at radius 1 is 1.08 bits per heavy atom. The lowest BCUT2D eigenvalue weighted by Gasteiger charge is -2.14. The Kier molecular flexibility index (Phi) is 7.61. The summed E-state index contributed by atoms with van der Waals surface area (Å²) in [5.74, 6) is -1.49. The van der Waals surface area contributed by atoms with E-state index in [2.05, 4.69) is 87.7 Å². The van der Waals surface area contributed by atoms with Gasteiger partial charge in [-0.2, -0.15) is 0 Å². The average Bonchev–Trinajstić information content (AvgIpc) is 2.51. The highest BCUT2D eigenvalue weighted by Crippen LogP contribution is 2.31. The first kappa shape index (κ1) is 21.0. The minimum Gasteiger partial charge on any atom is -0.478 e. The number of carboxylic acid groups (broad SMARTS) is 1. The highest BCUT2D eigenvalue weighted by Gasteiger charge is 2.18. The van der Waals surface area contributed by atoms with Crippen molar-refractivity contribution in [3.63, 3.8) is 0 Å². The van der Waals surface area contributed by atoms with Gasteiger partial charge in [-0.3, -0.25) is 10.1 Å². The molecule has 2 rings (SSSR count). The lowest BCUT2D eigenvalue weighted by atomic mass is 10.2. The second-order valence-electron chi connectivity index (χ2n) is 4.65. The zero-order valence-electron chi connectivity index (χ0n) is 12.1. The zero-order valence-corrected chi connectivity index (χ0v) is 20.4. The number of halogens is 4.